The molecule has 0 radical (unpaired) electrons. The molecule has 70 heavy (non-hydrogen) atoms. The number of unbranched alkanes of at least 4 members (excludes halogenated alkanes) is 40. The summed E-state index contributed by atoms with van der Waals surface area (Å²) in [7, 11) is 0. The van der Waals surface area contributed by atoms with Crippen molar-refractivity contribution in [3.05, 3.63) is 36.5 Å². The lowest BCUT2D eigenvalue weighted by Gasteiger charge is -2.18. The van der Waals surface area contributed by atoms with Crippen molar-refractivity contribution in [3.8, 4) is 0 Å². The maximum Gasteiger partial charge on any atom is 0.306 e. The second-order valence-corrected chi connectivity index (χ2v) is 21.0. The molecular weight excluding hydrogens is 865 g/mol. The van der Waals surface area contributed by atoms with Gasteiger partial charge in [0.1, 0.15) is 13.2 Å². The van der Waals surface area contributed by atoms with Crippen LogP contribution in [0.5, 0.6) is 0 Å². The first-order chi connectivity index (χ1) is 34.5. The molecule has 0 spiro atoms. The summed E-state index contributed by atoms with van der Waals surface area (Å²) in [5.41, 5.74) is 0. The number of hydrogen-bond acceptors (Lipinski definition) is 6. The molecule has 1 atom stereocenters. The number of hydrogen-bond donors (Lipinski definition) is 0. The van der Waals surface area contributed by atoms with E-state index in [2.05, 4.69) is 57.2 Å². The molecule has 0 amide bonds. The van der Waals surface area contributed by atoms with Crippen molar-refractivity contribution in [3.63, 3.8) is 0 Å². The van der Waals surface area contributed by atoms with Crippen LogP contribution in [0.15, 0.2) is 36.5 Å². The Balaban J connectivity index is 4.35. The SMILES string of the molecule is CCCCC/C=C\C/C=C\CCCCCCCCCC(=O)OC(COC(=O)CCCCCCCCC/C=C\CCCCCCCCCC)COC(=O)CCCCCCCCCCCCCCCCCC. The second kappa shape index (κ2) is 59.2. The number of carbonyl (C=O) groups is 3. The fourth-order valence-corrected chi connectivity index (χ4v) is 9.18. The van der Waals surface area contributed by atoms with Crippen LogP contribution in [0, 0.1) is 0 Å². The summed E-state index contributed by atoms with van der Waals surface area (Å²) in [4.78, 5) is 38.3. The molecule has 6 heteroatoms. The molecule has 0 aromatic heterocycles. The predicted octanol–water partition coefficient (Wildman–Crippen LogP) is 20.8. The average molecular weight is 984 g/mol. The van der Waals surface area contributed by atoms with Gasteiger partial charge in [-0.3, -0.25) is 14.4 Å². The van der Waals surface area contributed by atoms with Crippen LogP contribution in [0.1, 0.15) is 335 Å². The maximum atomic E-state index is 12.9. The van der Waals surface area contributed by atoms with Gasteiger partial charge in [-0.2, -0.15) is 0 Å². The molecule has 0 bridgehead atoms. The third-order valence-corrected chi connectivity index (χ3v) is 13.9. The quantitative estimate of drug-likeness (QED) is 0.0261. The fourth-order valence-electron chi connectivity index (χ4n) is 9.18. The van der Waals surface area contributed by atoms with E-state index in [0.717, 1.165) is 70.6 Å². The first-order valence-corrected chi connectivity index (χ1v) is 31.0. The Morgan fingerprint density at radius 1 is 0.286 bits per heavy atom. The number of rotatable bonds is 57. The van der Waals surface area contributed by atoms with Crippen LogP contribution in [-0.2, 0) is 28.6 Å². The number of esters is 3. The van der Waals surface area contributed by atoms with Crippen LogP contribution in [0.25, 0.3) is 0 Å². The van der Waals surface area contributed by atoms with E-state index in [4.69, 9.17) is 14.2 Å². The first kappa shape index (κ1) is 67.6. The van der Waals surface area contributed by atoms with Crippen LogP contribution in [0.2, 0.25) is 0 Å². The Hall–Kier alpha value is -2.37. The lowest BCUT2D eigenvalue weighted by molar-refractivity contribution is -0.167. The van der Waals surface area contributed by atoms with E-state index in [1.54, 1.807) is 0 Å². The molecule has 0 fully saturated rings. The van der Waals surface area contributed by atoms with Gasteiger partial charge in [0.15, 0.2) is 6.10 Å². The van der Waals surface area contributed by atoms with Crippen molar-refractivity contribution >= 4 is 17.9 Å². The van der Waals surface area contributed by atoms with Gasteiger partial charge in [-0.05, 0) is 77.0 Å². The molecule has 410 valence electrons. The fraction of sp³-hybridized carbons (Fsp3) is 0.859. The zero-order chi connectivity index (χ0) is 50.7. The van der Waals surface area contributed by atoms with E-state index in [9.17, 15) is 14.4 Å². The van der Waals surface area contributed by atoms with Crippen molar-refractivity contribution in [2.45, 2.75) is 341 Å². The van der Waals surface area contributed by atoms with Gasteiger partial charge in [-0.1, -0.05) is 276 Å². The maximum absolute atomic E-state index is 12.9. The van der Waals surface area contributed by atoms with Gasteiger partial charge in [0, 0.05) is 19.3 Å². The molecule has 0 aliphatic rings. The minimum atomic E-state index is -0.776. The monoisotopic (exact) mass is 983 g/mol. The van der Waals surface area contributed by atoms with Crippen LogP contribution in [0.4, 0.5) is 0 Å². The number of ether oxygens (including phenoxy) is 3. The van der Waals surface area contributed by atoms with Gasteiger partial charge in [-0.15, -0.1) is 0 Å². The molecule has 0 rings (SSSR count). The topological polar surface area (TPSA) is 78.9 Å². The zero-order valence-corrected chi connectivity index (χ0v) is 47.1. The van der Waals surface area contributed by atoms with Gasteiger partial charge in [-0.25, -0.2) is 0 Å². The van der Waals surface area contributed by atoms with Crippen molar-refractivity contribution in [2.24, 2.45) is 0 Å². The van der Waals surface area contributed by atoms with Crippen molar-refractivity contribution in [2.75, 3.05) is 13.2 Å². The summed E-state index contributed by atoms with van der Waals surface area (Å²) in [5.74, 6) is -0.863. The summed E-state index contributed by atoms with van der Waals surface area (Å²) in [6.07, 6.45) is 71.4. The highest BCUT2D eigenvalue weighted by Crippen LogP contribution is 2.17. The van der Waals surface area contributed by atoms with E-state index in [1.165, 1.54) is 225 Å². The highest BCUT2D eigenvalue weighted by atomic mass is 16.6. The molecule has 0 saturated heterocycles. The largest absolute Gasteiger partial charge is 0.462 e. The van der Waals surface area contributed by atoms with Crippen LogP contribution in [0.3, 0.4) is 0 Å². The van der Waals surface area contributed by atoms with Gasteiger partial charge >= 0.3 is 17.9 Å². The van der Waals surface area contributed by atoms with Crippen LogP contribution < -0.4 is 0 Å². The molecule has 0 saturated carbocycles. The average Bonchev–Trinajstić information content (AvgIpc) is 3.36. The summed E-state index contributed by atoms with van der Waals surface area (Å²) in [5, 5.41) is 0. The van der Waals surface area contributed by atoms with Crippen LogP contribution >= 0.6 is 0 Å². The zero-order valence-electron chi connectivity index (χ0n) is 47.1. The van der Waals surface area contributed by atoms with Gasteiger partial charge in [0.2, 0.25) is 0 Å². The molecule has 0 aliphatic heterocycles. The lowest BCUT2D eigenvalue weighted by Crippen LogP contribution is -2.30. The summed E-state index contributed by atoms with van der Waals surface area (Å²) < 4.78 is 16.9. The minimum absolute atomic E-state index is 0.0727. The summed E-state index contributed by atoms with van der Waals surface area (Å²) in [6, 6.07) is 0. The van der Waals surface area contributed by atoms with Gasteiger partial charge in [0.05, 0.1) is 0 Å². The van der Waals surface area contributed by atoms with Gasteiger partial charge in [0.25, 0.3) is 0 Å². The Bertz CT molecular complexity index is 1170. The minimum Gasteiger partial charge on any atom is -0.462 e. The molecule has 0 aromatic carbocycles. The molecule has 0 heterocycles. The Kier molecular flexibility index (Phi) is 57.2. The predicted molar refractivity (Wildman–Crippen MR) is 302 cm³/mol. The van der Waals surface area contributed by atoms with Crippen molar-refractivity contribution in [1.82, 2.24) is 0 Å². The summed E-state index contributed by atoms with van der Waals surface area (Å²) >= 11 is 0. The van der Waals surface area contributed by atoms with E-state index in [1.807, 2.05) is 0 Å². The molecule has 1 unspecified atom stereocenters. The van der Waals surface area contributed by atoms with Crippen LogP contribution in [-0.4, -0.2) is 37.2 Å². The Labute approximate surface area is 435 Å². The molecule has 0 N–H and O–H groups in total. The van der Waals surface area contributed by atoms with Crippen molar-refractivity contribution < 1.29 is 28.6 Å². The normalized spacial score (nSPS) is 12.2. The third kappa shape index (κ3) is 56.5. The Morgan fingerprint density at radius 3 is 0.829 bits per heavy atom. The van der Waals surface area contributed by atoms with Gasteiger partial charge < -0.3 is 14.2 Å². The van der Waals surface area contributed by atoms with E-state index in [-0.39, 0.29) is 31.1 Å². The van der Waals surface area contributed by atoms with Crippen molar-refractivity contribution in [1.29, 1.82) is 0 Å². The standard InChI is InChI=1S/C64H118O6/c1-4-7-10-13-16-19-22-25-28-31-32-34-36-39-42-45-48-51-54-57-63(66)69-60-61(59-68-62(65)56-53-50-47-44-41-38-35-30-27-24-21-18-15-12-9-6-3)70-64(67)58-55-52-49-46-43-40-37-33-29-26-23-20-17-14-11-8-5-2/h17,20,26,29,31-32,61H,4-16,18-19,21-25,27-28,30,33-60H2,1-3H3/b20-17-,29-26-,32-31-. The molecule has 0 aromatic rings. The molecule has 0 aliphatic carbocycles. The third-order valence-electron chi connectivity index (χ3n) is 13.9. The summed E-state index contributed by atoms with van der Waals surface area (Å²) in [6.45, 7) is 6.66. The van der Waals surface area contributed by atoms with E-state index >= 15 is 0 Å². The highest BCUT2D eigenvalue weighted by Gasteiger charge is 2.19. The number of carbonyl (C=O) groups excluding carboxylic acids is 3. The molecular formula is C64H118O6. The Morgan fingerprint density at radius 2 is 0.514 bits per heavy atom. The lowest BCUT2D eigenvalue weighted by atomic mass is 10.0. The highest BCUT2D eigenvalue weighted by molar-refractivity contribution is 5.71. The van der Waals surface area contributed by atoms with E-state index < -0.39 is 6.10 Å². The second-order valence-electron chi connectivity index (χ2n) is 21.0. The first-order valence-electron chi connectivity index (χ1n) is 31.0. The molecule has 6 nitrogen and oxygen atoms in total. The smallest absolute Gasteiger partial charge is 0.306 e. The van der Waals surface area contributed by atoms with E-state index in [0.29, 0.717) is 19.3 Å². The number of allylic oxidation sites excluding steroid dienone is 6.